The number of phenols is 1. The molecule has 4 nitrogen and oxygen atoms in total. The van der Waals surface area contributed by atoms with Crippen molar-refractivity contribution in [3.8, 4) is 5.75 Å². The summed E-state index contributed by atoms with van der Waals surface area (Å²) in [6.07, 6.45) is 0.472. The van der Waals surface area contributed by atoms with Gasteiger partial charge in [0.05, 0.1) is 5.92 Å². The van der Waals surface area contributed by atoms with Crippen LogP contribution in [0.3, 0.4) is 0 Å². The van der Waals surface area contributed by atoms with E-state index in [2.05, 4.69) is 0 Å². The Bertz CT molecular complexity index is 410. The summed E-state index contributed by atoms with van der Waals surface area (Å²) in [6, 6.07) is 6.82. The maximum Gasteiger partial charge on any atom is 0.311 e. The monoisotopic (exact) mass is 251 g/mol. The van der Waals surface area contributed by atoms with Crippen LogP contribution < -0.4 is 5.73 Å². The highest BCUT2D eigenvalue weighted by atomic mass is 16.6. The van der Waals surface area contributed by atoms with Gasteiger partial charge in [0, 0.05) is 6.54 Å². The summed E-state index contributed by atoms with van der Waals surface area (Å²) in [5.74, 6) is -0.494. The molecule has 0 aromatic heterocycles. The SMILES string of the molecule is CC(C)(C)OC(=O)C(CN)Cc1cccc(O)c1. The normalized spacial score (nSPS) is 13.1. The van der Waals surface area contributed by atoms with Gasteiger partial charge in [-0.2, -0.15) is 0 Å². The van der Waals surface area contributed by atoms with E-state index in [0.717, 1.165) is 5.56 Å². The van der Waals surface area contributed by atoms with Crippen molar-refractivity contribution < 1.29 is 14.6 Å². The molecule has 1 unspecified atom stereocenters. The molecule has 0 amide bonds. The summed E-state index contributed by atoms with van der Waals surface area (Å²) >= 11 is 0. The van der Waals surface area contributed by atoms with Crippen LogP contribution in [0.5, 0.6) is 5.75 Å². The van der Waals surface area contributed by atoms with Crippen LogP contribution in [0.4, 0.5) is 0 Å². The van der Waals surface area contributed by atoms with E-state index in [9.17, 15) is 9.90 Å². The Balaban J connectivity index is 2.70. The third kappa shape index (κ3) is 4.75. The van der Waals surface area contributed by atoms with Crippen molar-refractivity contribution in [2.45, 2.75) is 32.8 Å². The second-order valence-electron chi connectivity index (χ2n) is 5.34. The van der Waals surface area contributed by atoms with Gasteiger partial charge in [-0.15, -0.1) is 0 Å². The summed E-state index contributed by atoms with van der Waals surface area (Å²) in [5, 5.41) is 9.38. The zero-order valence-electron chi connectivity index (χ0n) is 11.1. The van der Waals surface area contributed by atoms with Crippen molar-refractivity contribution in [1.82, 2.24) is 0 Å². The first-order chi connectivity index (χ1) is 8.31. The largest absolute Gasteiger partial charge is 0.508 e. The number of hydrogen-bond donors (Lipinski definition) is 2. The van der Waals surface area contributed by atoms with Gasteiger partial charge in [0.2, 0.25) is 0 Å². The number of ether oxygens (including phenoxy) is 1. The van der Waals surface area contributed by atoms with Crippen molar-refractivity contribution in [1.29, 1.82) is 0 Å². The van der Waals surface area contributed by atoms with E-state index in [1.165, 1.54) is 0 Å². The number of carbonyl (C=O) groups is 1. The molecular formula is C14H21NO3. The summed E-state index contributed by atoms with van der Waals surface area (Å²) in [4.78, 5) is 11.9. The van der Waals surface area contributed by atoms with E-state index in [1.807, 2.05) is 26.8 Å². The molecule has 0 saturated carbocycles. The minimum absolute atomic E-state index is 0.187. The van der Waals surface area contributed by atoms with Crippen LogP contribution in [0, 0.1) is 5.92 Å². The first kappa shape index (κ1) is 14.5. The van der Waals surface area contributed by atoms with Gasteiger partial charge in [-0.05, 0) is 44.9 Å². The predicted octanol–water partition coefficient (Wildman–Crippen LogP) is 1.85. The van der Waals surface area contributed by atoms with Crippen LogP contribution in [0.2, 0.25) is 0 Å². The summed E-state index contributed by atoms with van der Waals surface area (Å²) in [7, 11) is 0. The molecule has 1 rings (SSSR count). The smallest absolute Gasteiger partial charge is 0.311 e. The molecular weight excluding hydrogens is 230 g/mol. The second-order valence-corrected chi connectivity index (χ2v) is 5.34. The number of esters is 1. The maximum absolute atomic E-state index is 11.9. The molecule has 18 heavy (non-hydrogen) atoms. The number of rotatable bonds is 4. The highest BCUT2D eigenvalue weighted by Crippen LogP contribution is 2.17. The lowest BCUT2D eigenvalue weighted by atomic mass is 9.99. The van der Waals surface area contributed by atoms with E-state index in [-0.39, 0.29) is 24.2 Å². The number of benzene rings is 1. The number of carbonyl (C=O) groups excluding carboxylic acids is 1. The van der Waals surface area contributed by atoms with Crippen molar-refractivity contribution in [3.05, 3.63) is 29.8 Å². The van der Waals surface area contributed by atoms with Gasteiger partial charge in [-0.1, -0.05) is 12.1 Å². The molecule has 1 atom stereocenters. The Morgan fingerprint density at radius 1 is 1.44 bits per heavy atom. The molecule has 100 valence electrons. The number of phenolic OH excluding ortho intramolecular Hbond substituents is 1. The maximum atomic E-state index is 11.9. The molecule has 3 N–H and O–H groups in total. The summed E-state index contributed by atoms with van der Waals surface area (Å²) in [6.45, 7) is 5.71. The zero-order chi connectivity index (χ0) is 13.8. The third-order valence-corrected chi connectivity index (χ3v) is 2.42. The molecule has 1 aromatic rings. The molecule has 0 radical (unpaired) electrons. The molecule has 0 aliphatic heterocycles. The van der Waals surface area contributed by atoms with Gasteiger partial charge in [0.1, 0.15) is 11.4 Å². The Morgan fingerprint density at radius 2 is 2.11 bits per heavy atom. The van der Waals surface area contributed by atoms with Crippen LogP contribution >= 0.6 is 0 Å². The molecule has 0 heterocycles. The molecule has 0 saturated heterocycles. The van der Waals surface area contributed by atoms with Gasteiger partial charge in [0.25, 0.3) is 0 Å². The standard InChI is InChI=1S/C14H21NO3/c1-14(2,3)18-13(17)11(9-15)7-10-5-4-6-12(16)8-10/h4-6,8,11,16H,7,9,15H2,1-3H3. The molecule has 0 fully saturated rings. The first-order valence-corrected chi connectivity index (χ1v) is 6.02. The Labute approximate surface area is 108 Å². The highest BCUT2D eigenvalue weighted by molar-refractivity contribution is 5.73. The van der Waals surface area contributed by atoms with Crippen LogP contribution in [0.25, 0.3) is 0 Å². The minimum atomic E-state index is -0.511. The molecule has 1 aromatic carbocycles. The minimum Gasteiger partial charge on any atom is -0.508 e. The van der Waals surface area contributed by atoms with Crippen LogP contribution in [-0.4, -0.2) is 23.2 Å². The Kier molecular flexibility index (Phi) is 4.73. The fourth-order valence-corrected chi connectivity index (χ4v) is 1.62. The first-order valence-electron chi connectivity index (χ1n) is 6.02. The highest BCUT2D eigenvalue weighted by Gasteiger charge is 2.24. The quantitative estimate of drug-likeness (QED) is 0.801. The fourth-order valence-electron chi connectivity index (χ4n) is 1.62. The second kappa shape index (κ2) is 5.87. The fraction of sp³-hybridized carbons (Fsp3) is 0.500. The van der Waals surface area contributed by atoms with Gasteiger partial charge in [-0.25, -0.2) is 0 Å². The number of aromatic hydroxyl groups is 1. The molecule has 4 heteroatoms. The van der Waals surface area contributed by atoms with Gasteiger partial charge in [0.15, 0.2) is 0 Å². The average molecular weight is 251 g/mol. The number of nitrogens with two attached hydrogens (primary N) is 1. The lowest BCUT2D eigenvalue weighted by molar-refractivity contribution is -0.159. The molecule has 0 aliphatic rings. The van der Waals surface area contributed by atoms with E-state index in [0.29, 0.717) is 6.42 Å². The van der Waals surface area contributed by atoms with Crippen molar-refractivity contribution >= 4 is 5.97 Å². The van der Waals surface area contributed by atoms with E-state index in [4.69, 9.17) is 10.5 Å². The Morgan fingerprint density at radius 3 is 2.61 bits per heavy atom. The Hall–Kier alpha value is -1.55. The summed E-state index contributed by atoms with van der Waals surface area (Å²) < 4.78 is 5.31. The average Bonchev–Trinajstić information content (AvgIpc) is 2.23. The lowest BCUT2D eigenvalue weighted by Crippen LogP contribution is -2.33. The molecule has 0 spiro atoms. The van der Waals surface area contributed by atoms with Crippen molar-refractivity contribution in [3.63, 3.8) is 0 Å². The molecule has 0 aliphatic carbocycles. The summed E-state index contributed by atoms with van der Waals surface area (Å²) in [5.41, 5.74) is 5.98. The third-order valence-electron chi connectivity index (χ3n) is 2.42. The van der Waals surface area contributed by atoms with Crippen molar-refractivity contribution in [2.24, 2.45) is 11.7 Å². The zero-order valence-corrected chi connectivity index (χ0v) is 11.1. The van der Waals surface area contributed by atoms with E-state index in [1.54, 1.807) is 18.2 Å². The van der Waals surface area contributed by atoms with Gasteiger partial charge < -0.3 is 15.6 Å². The van der Waals surface area contributed by atoms with E-state index < -0.39 is 5.60 Å². The molecule has 0 bridgehead atoms. The predicted molar refractivity (Wildman–Crippen MR) is 70.2 cm³/mol. The van der Waals surface area contributed by atoms with Gasteiger partial charge in [-0.3, -0.25) is 4.79 Å². The lowest BCUT2D eigenvalue weighted by Gasteiger charge is -2.23. The van der Waals surface area contributed by atoms with Crippen LogP contribution in [-0.2, 0) is 16.0 Å². The van der Waals surface area contributed by atoms with Crippen LogP contribution in [0.1, 0.15) is 26.3 Å². The van der Waals surface area contributed by atoms with Crippen molar-refractivity contribution in [2.75, 3.05) is 6.54 Å². The van der Waals surface area contributed by atoms with Gasteiger partial charge >= 0.3 is 5.97 Å². The van der Waals surface area contributed by atoms with E-state index >= 15 is 0 Å². The van der Waals surface area contributed by atoms with Crippen LogP contribution in [0.15, 0.2) is 24.3 Å². The topological polar surface area (TPSA) is 72.5 Å². The number of hydrogen-bond acceptors (Lipinski definition) is 4.